The molecule has 0 saturated carbocycles. The molecule has 1 fully saturated rings. The number of nitrogens with zero attached hydrogens (tertiary/aromatic N) is 2. The lowest BCUT2D eigenvalue weighted by Gasteiger charge is -2.27. The highest BCUT2D eigenvalue weighted by Crippen LogP contribution is 2.13. The maximum atomic E-state index is 10.7. The summed E-state index contributed by atoms with van der Waals surface area (Å²) >= 11 is 0. The Morgan fingerprint density at radius 2 is 1.95 bits per heavy atom. The van der Waals surface area contributed by atoms with E-state index in [2.05, 4.69) is 23.6 Å². The fourth-order valence-corrected chi connectivity index (χ4v) is 2.83. The van der Waals surface area contributed by atoms with Crippen LogP contribution in [0.15, 0.2) is 0 Å². The molecule has 1 saturated heterocycles. The van der Waals surface area contributed by atoms with Gasteiger partial charge >= 0.3 is 5.97 Å². The predicted octanol–water partition coefficient (Wildman–Crippen LogP) is 2.44. The van der Waals surface area contributed by atoms with E-state index in [-0.39, 0.29) is 6.54 Å². The first-order valence-corrected chi connectivity index (χ1v) is 7.81. The normalized spacial score (nSPS) is 20.1. The van der Waals surface area contributed by atoms with E-state index in [0.717, 1.165) is 32.6 Å². The molecule has 0 aromatic carbocycles. The summed E-state index contributed by atoms with van der Waals surface area (Å²) in [7, 11) is 0. The monoisotopic (exact) mass is 270 g/mol. The lowest BCUT2D eigenvalue weighted by Crippen LogP contribution is -2.37. The largest absolute Gasteiger partial charge is 0.480 e. The minimum Gasteiger partial charge on any atom is -0.480 e. The van der Waals surface area contributed by atoms with Crippen molar-refractivity contribution in [3.8, 4) is 0 Å². The van der Waals surface area contributed by atoms with Crippen LogP contribution in [-0.2, 0) is 4.79 Å². The molecule has 0 aromatic heterocycles. The topological polar surface area (TPSA) is 43.8 Å². The van der Waals surface area contributed by atoms with Crippen LogP contribution in [0.5, 0.6) is 0 Å². The number of unbranched alkanes of at least 4 members (excludes halogenated alkanes) is 3. The molecule has 1 rings (SSSR count). The molecule has 112 valence electrons. The lowest BCUT2D eigenvalue weighted by atomic mass is 10.1. The zero-order valence-corrected chi connectivity index (χ0v) is 12.6. The van der Waals surface area contributed by atoms with Crippen molar-refractivity contribution in [2.24, 2.45) is 0 Å². The Labute approximate surface area is 117 Å². The molecule has 1 aliphatic heterocycles. The Kier molecular flexibility index (Phi) is 8.07. The third-order valence-electron chi connectivity index (χ3n) is 4.08. The van der Waals surface area contributed by atoms with E-state index in [4.69, 9.17) is 5.11 Å². The highest BCUT2D eigenvalue weighted by atomic mass is 16.4. The lowest BCUT2D eigenvalue weighted by molar-refractivity contribution is -0.138. The highest BCUT2D eigenvalue weighted by Gasteiger charge is 2.19. The fourth-order valence-electron chi connectivity index (χ4n) is 2.83. The fraction of sp³-hybridized carbons (Fsp3) is 0.933. The minimum absolute atomic E-state index is 0.193. The van der Waals surface area contributed by atoms with Crippen LogP contribution in [0, 0.1) is 0 Å². The van der Waals surface area contributed by atoms with Crippen LogP contribution in [0.3, 0.4) is 0 Å². The van der Waals surface area contributed by atoms with Gasteiger partial charge in [0.15, 0.2) is 0 Å². The third-order valence-corrected chi connectivity index (χ3v) is 4.08. The average Bonchev–Trinajstić information content (AvgIpc) is 2.59. The van der Waals surface area contributed by atoms with Gasteiger partial charge in [-0.2, -0.15) is 0 Å². The molecule has 0 aromatic rings. The van der Waals surface area contributed by atoms with Crippen LogP contribution in [0.2, 0.25) is 0 Å². The molecule has 0 amide bonds. The van der Waals surface area contributed by atoms with Gasteiger partial charge < -0.3 is 5.11 Å². The Morgan fingerprint density at radius 1 is 1.16 bits per heavy atom. The maximum absolute atomic E-state index is 10.7. The molecule has 19 heavy (non-hydrogen) atoms. The van der Waals surface area contributed by atoms with Crippen molar-refractivity contribution >= 4 is 5.97 Å². The molecule has 1 unspecified atom stereocenters. The molecule has 4 heteroatoms. The van der Waals surface area contributed by atoms with Crippen molar-refractivity contribution in [1.82, 2.24) is 9.80 Å². The van der Waals surface area contributed by atoms with Crippen LogP contribution in [-0.4, -0.2) is 59.6 Å². The third kappa shape index (κ3) is 6.92. The number of carbonyl (C=O) groups is 1. The molecule has 1 N–H and O–H groups in total. The Morgan fingerprint density at radius 3 is 2.63 bits per heavy atom. The van der Waals surface area contributed by atoms with Gasteiger partial charge in [-0.05, 0) is 26.3 Å². The number of carboxylic acids is 1. The standard InChI is InChI=1S/C15H30N2O2/c1-3-4-5-6-8-14(2)17-10-7-9-16(11-12-17)13-15(18)19/h14H,3-13H2,1-2H3,(H,18,19). The van der Waals surface area contributed by atoms with E-state index in [9.17, 15) is 4.79 Å². The smallest absolute Gasteiger partial charge is 0.317 e. The molecular formula is C15H30N2O2. The first kappa shape index (κ1) is 16.4. The molecule has 0 aliphatic carbocycles. The summed E-state index contributed by atoms with van der Waals surface area (Å²) in [6.07, 6.45) is 7.68. The summed E-state index contributed by atoms with van der Waals surface area (Å²) in [4.78, 5) is 15.3. The van der Waals surface area contributed by atoms with E-state index in [1.54, 1.807) is 0 Å². The van der Waals surface area contributed by atoms with Gasteiger partial charge in [-0.1, -0.05) is 32.6 Å². The van der Waals surface area contributed by atoms with Crippen molar-refractivity contribution in [3.63, 3.8) is 0 Å². The second kappa shape index (κ2) is 9.32. The van der Waals surface area contributed by atoms with Crippen molar-refractivity contribution in [3.05, 3.63) is 0 Å². The van der Waals surface area contributed by atoms with Crippen LogP contribution < -0.4 is 0 Å². The number of hydrogen-bond donors (Lipinski definition) is 1. The number of aliphatic carboxylic acids is 1. The number of rotatable bonds is 8. The number of hydrogen-bond acceptors (Lipinski definition) is 3. The summed E-state index contributed by atoms with van der Waals surface area (Å²) in [6.45, 7) is 8.71. The first-order chi connectivity index (χ1) is 9.13. The van der Waals surface area contributed by atoms with Crippen molar-refractivity contribution in [2.45, 2.75) is 58.4 Å². The summed E-state index contributed by atoms with van der Waals surface area (Å²) < 4.78 is 0. The van der Waals surface area contributed by atoms with E-state index >= 15 is 0 Å². The first-order valence-electron chi connectivity index (χ1n) is 7.81. The second-order valence-electron chi connectivity index (χ2n) is 5.76. The van der Waals surface area contributed by atoms with Crippen molar-refractivity contribution in [2.75, 3.05) is 32.7 Å². The predicted molar refractivity (Wildman–Crippen MR) is 78.5 cm³/mol. The minimum atomic E-state index is -0.707. The summed E-state index contributed by atoms with van der Waals surface area (Å²) in [5.74, 6) is -0.707. The van der Waals surface area contributed by atoms with Gasteiger partial charge in [-0.25, -0.2) is 0 Å². The second-order valence-corrected chi connectivity index (χ2v) is 5.76. The van der Waals surface area contributed by atoms with Gasteiger partial charge in [0.1, 0.15) is 0 Å². The van der Waals surface area contributed by atoms with Crippen LogP contribution >= 0.6 is 0 Å². The van der Waals surface area contributed by atoms with Crippen LogP contribution in [0.1, 0.15) is 52.4 Å². The van der Waals surface area contributed by atoms with Gasteiger partial charge in [0.25, 0.3) is 0 Å². The zero-order chi connectivity index (χ0) is 14.1. The summed E-state index contributed by atoms with van der Waals surface area (Å²) in [5, 5.41) is 8.84. The van der Waals surface area contributed by atoms with Gasteiger partial charge in [0.2, 0.25) is 0 Å². The van der Waals surface area contributed by atoms with Crippen LogP contribution in [0.4, 0.5) is 0 Å². The zero-order valence-electron chi connectivity index (χ0n) is 12.6. The maximum Gasteiger partial charge on any atom is 0.317 e. The van der Waals surface area contributed by atoms with Gasteiger partial charge in [-0.3, -0.25) is 14.6 Å². The van der Waals surface area contributed by atoms with E-state index in [1.807, 2.05) is 0 Å². The van der Waals surface area contributed by atoms with Gasteiger partial charge in [0.05, 0.1) is 6.54 Å². The molecular weight excluding hydrogens is 240 g/mol. The van der Waals surface area contributed by atoms with E-state index < -0.39 is 5.97 Å². The van der Waals surface area contributed by atoms with Crippen molar-refractivity contribution in [1.29, 1.82) is 0 Å². The molecule has 0 bridgehead atoms. The Bertz CT molecular complexity index is 259. The molecule has 1 aliphatic rings. The van der Waals surface area contributed by atoms with Gasteiger partial charge in [-0.15, -0.1) is 0 Å². The summed E-state index contributed by atoms with van der Waals surface area (Å²) in [5.41, 5.74) is 0. The van der Waals surface area contributed by atoms with Crippen molar-refractivity contribution < 1.29 is 9.90 Å². The SMILES string of the molecule is CCCCCCC(C)N1CCCN(CC(=O)O)CC1. The van der Waals surface area contributed by atoms with Gasteiger partial charge in [0, 0.05) is 25.7 Å². The average molecular weight is 270 g/mol. The molecule has 1 atom stereocenters. The molecule has 0 spiro atoms. The molecule has 4 nitrogen and oxygen atoms in total. The molecule has 0 radical (unpaired) electrons. The number of carboxylic acid groups (broad SMARTS) is 1. The molecule has 1 heterocycles. The van der Waals surface area contributed by atoms with Crippen LogP contribution in [0.25, 0.3) is 0 Å². The quantitative estimate of drug-likeness (QED) is 0.688. The van der Waals surface area contributed by atoms with E-state index in [0.29, 0.717) is 6.04 Å². The highest BCUT2D eigenvalue weighted by molar-refractivity contribution is 5.69. The summed E-state index contributed by atoms with van der Waals surface area (Å²) in [6, 6.07) is 0.640. The Hall–Kier alpha value is -0.610. The van der Waals surface area contributed by atoms with E-state index in [1.165, 1.54) is 32.1 Å². The Balaban J connectivity index is 2.25.